The minimum Gasteiger partial charge on any atom is -0.480 e. The summed E-state index contributed by atoms with van der Waals surface area (Å²) in [4.78, 5) is 23.6. The lowest BCUT2D eigenvalue weighted by Crippen LogP contribution is -2.41. The molecule has 9 heteroatoms. The normalized spacial score (nSPS) is 16.6. The summed E-state index contributed by atoms with van der Waals surface area (Å²) >= 11 is 0. The SMILES string of the molecule is C=CCCC(NC(=O)c1cccc(S(=O)(=O)N2CCOCC2)c1)C(=O)O. The molecule has 1 aromatic rings. The third-order valence-electron chi connectivity index (χ3n) is 3.97. The largest absolute Gasteiger partial charge is 0.480 e. The molecule has 26 heavy (non-hydrogen) atoms. The van der Waals surface area contributed by atoms with Gasteiger partial charge in [-0.3, -0.25) is 4.79 Å². The van der Waals surface area contributed by atoms with Crippen LogP contribution in [-0.4, -0.2) is 62.1 Å². The van der Waals surface area contributed by atoms with E-state index >= 15 is 0 Å². The van der Waals surface area contributed by atoms with Gasteiger partial charge in [0.1, 0.15) is 6.04 Å². The number of allylic oxidation sites excluding steroid dienone is 1. The van der Waals surface area contributed by atoms with E-state index in [1.807, 2.05) is 0 Å². The van der Waals surface area contributed by atoms with Gasteiger partial charge in [0.05, 0.1) is 18.1 Å². The van der Waals surface area contributed by atoms with Crippen molar-refractivity contribution >= 4 is 21.9 Å². The van der Waals surface area contributed by atoms with Crippen LogP contribution < -0.4 is 5.32 Å². The molecule has 0 aromatic heterocycles. The maximum Gasteiger partial charge on any atom is 0.326 e. The number of benzene rings is 1. The highest BCUT2D eigenvalue weighted by Gasteiger charge is 2.27. The number of morpholine rings is 1. The van der Waals surface area contributed by atoms with E-state index in [9.17, 15) is 23.1 Å². The molecule has 2 rings (SSSR count). The number of rotatable bonds is 8. The van der Waals surface area contributed by atoms with Crippen molar-refractivity contribution in [1.82, 2.24) is 9.62 Å². The van der Waals surface area contributed by atoms with Gasteiger partial charge in [-0.05, 0) is 31.0 Å². The molecule has 0 bridgehead atoms. The van der Waals surface area contributed by atoms with Crippen LogP contribution in [0.4, 0.5) is 0 Å². The molecule has 1 amide bonds. The number of aliphatic carboxylic acids is 1. The van der Waals surface area contributed by atoms with Gasteiger partial charge in [-0.25, -0.2) is 13.2 Å². The van der Waals surface area contributed by atoms with E-state index in [1.165, 1.54) is 28.6 Å². The Morgan fingerprint density at radius 2 is 2.04 bits per heavy atom. The minimum atomic E-state index is -3.73. The second-order valence-corrected chi connectivity index (χ2v) is 7.71. The standard InChI is InChI=1S/C17H22N2O6S/c1-2-3-7-15(17(21)22)18-16(20)13-5-4-6-14(12-13)26(23,24)19-8-10-25-11-9-19/h2,4-6,12,15H,1,3,7-11H2,(H,18,20)(H,21,22). The van der Waals surface area contributed by atoms with Crippen LogP contribution in [0.5, 0.6) is 0 Å². The van der Waals surface area contributed by atoms with Crippen molar-refractivity contribution in [2.24, 2.45) is 0 Å². The van der Waals surface area contributed by atoms with Crippen LogP contribution in [-0.2, 0) is 19.6 Å². The van der Waals surface area contributed by atoms with E-state index < -0.39 is 27.9 Å². The van der Waals surface area contributed by atoms with Crippen molar-refractivity contribution in [3.63, 3.8) is 0 Å². The number of carboxylic acids is 1. The number of sulfonamides is 1. The van der Waals surface area contributed by atoms with Gasteiger partial charge in [0.25, 0.3) is 5.91 Å². The number of carboxylic acid groups (broad SMARTS) is 1. The Kier molecular flexibility index (Phi) is 6.90. The molecular weight excluding hydrogens is 360 g/mol. The van der Waals surface area contributed by atoms with Gasteiger partial charge in [0.2, 0.25) is 10.0 Å². The molecule has 0 saturated carbocycles. The summed E-state index contributed by atoms with van der Waals surface area (Å²) in [5.41, 5.74) is 0.0872. The van der Waals surface area contributed by atoms with Gasteiger partial charge in [0, 0.05) is 18.7 Å². The van der Waals surface area contributed by atoms with Gasteiger partial charge in [-0.15, -0.1) is 6.58 Å². The third kappa shape index (κ3) is 4.90. The molecule has 1 aliphatic heterocycles. The number of carbonyl (C=O) groups is 2. The van der Waals surface area contributed by atoms with Crippen LogP contribution in [0.3, 0.4) is 0 Å². The van der Waals surface area contributed by atoms with Gasteiger partial charge >= 0.3 is 5.97 Å². The predicted molar refractivity (Wildman–Crippen MR) is 94.3 cm³/mol. The van der Waals surface area contributed by atoms with E-state index in [1.54, 1.807) is 6.08 Å². The fraction of sp³-hybridized carbons (Fsp3) is 0.412. The third-order valence-corrected chi connectivity index (χ3v) is 5.86. The Bertz CT molecular complexity index is 771. The van der Waals surface area contributed by atoms with E-state index in [4.69, 9.17) is 4.74 Å². The molecule has 1 fully saturated rings. The number of hydrogen-bond donors (Lipinski definition) is 2. The first kappa shape index (κ1) is 20.1. The second-order valence-electron chi connectivity index (χ2n) is 5.77. The molecule has 0 aliphatic carbocycles. The predicted octanol–water partition coefficient (Wildman–Crippen LogP) is 0.857. The van der Waals surface area contributed by atoms with Gasteiger partial charge in [-0.2, -0.15) is 4.31 Å². The molecule has 0 radical (unpaired) electrons. The maximum absolute atomic E-state index is 12.7. The van der Waals surface area contributed by atoms with E-state index in [-0.39, 0.29) is 30.0 Å². The minimum absolute atomic E-state index is 0.00924. The number of ether oxygens (including phenoxy) is 1. The summed E-state index contributed by atoms with van der Waals surface area (Å²) in [5, 5.41) is 11.6. The Morgan fingerprint density at radius 3 is 2.65 bits per heavy atom. The average molecular weight is 382 g/mol. The van der Waals surface area contributed by atoms with E-state index in [0.29, 0.717) is 19.6 Å². The molecular formula is C17H22N2O6S. The summed E-state index contributed by atoms with van der Waals surface area (Å²) in [6.07, 6.45) is 2.21. The summed E-state index contributed by atoms with van der Waals surface area (Å²) in [7, 11) is -3.73. The van der Waals surface area contributed by atoms with Crippen LogP contribution in [0.2, 0.25) is 0 Å². The topological polar surface area (TPSA) is 113 Å². The lowest BCUT2D eigenvalue weighted by Gasteiger charge is -2.26. The van der Waals surface area contributed by atoms with Gasteiger partial charge in [-0.1, -0.05) is 12.1 Å². The number of amides is 1. The number of hydrogen-bond acceptors (Lipinski definition) is 5. The second kappa shape index (κ2) is 8.93. The van der Waals surface area contributed by atoms with Crippen molar-refractivity contribution in [3.8, 4) is 0 Å². The highest BCUT2D eigenvalue weighted by molar-refractivity contribution is 7.89. The Morgan fingerprint density at radius 1 is 1.35 bits per heavy atom. The van der Waals surface area contributed by atoms with Gasteiger partial charge in [0.15, 0.2) is 0 Å². The molecule has 1 unspecified atom stereocenters. The molecule has 1 atom stereocenters. The molecule has 1 aromatic carbocycles. The van der Waals surface area contributed by atoms with Crippen LogP contribution in [0.15, 0.2) is 41.8 Å². The zero-order chi connectivity index (χ0) is 19.2. The average Bonchev–Trinajstić information content (AvgIpc) is 2.65. The van der Waals surface area contributed by atoms with E-state index in [2.05, 4.69) is 11.9 Å². The molecule has 142 valence electrons. The van der Waals surface area contributed by atoms with Crippen LogP contribution in [0, 0.1) is 0 Å². The Hall–Kier alpha value is -2.23. The molecule has 1 saturated heterocycles. The van der Waals surface area contributed by atoms with Crippen LogP contribution in [0.25, 0.3) is 0 Å². The first-order chi connectivity index (χ1) is 12.4. The highest BCUT2D eigenvalue weighted by Crippen LogP contribution is 2.18. The van der Waals surface area contributed by atoms with Crippen molar-refractivity contribution in [3.05, 3.63) is 42.5 Å². The number of nitrogens with one attached hydrogen (secondary N) is 1. The van der Waals surface area contributed by atoms with Gasteiger partial charge < -0.3 is 15.2 Å². The lowest BCUT2D eigenvalue weighted by molar-refractivity contribution is -0.139. The Labute approximate surface area is 152 Å². The van der Waals surface area contributed by atoms with Crippen LogP contribution >= 0.6 is 0 Å². The monoisotopic (exact) mass is 382 g/mol. The van der Waals surface area contributed by atoms with Crippen LogP contribution in [0.1, 0.15) is 23.2 Å². The van der Waals surface area contributed by atoms with Crippen molar-refractivity contribution < 1.29 is 27.9 Å². The first-order valence-electron chi connectivity index (χ1n) is 8.19. The maximum atomic E-state index is 12.7. The summed E-state index contributed by atoms with van der Waals surface area (Å²) in [5.74, 6) is -1.79. The summed E-state index contributed by atoms with van der Waals surface area (Å²) in [6.45, 7) is 4.67. The van der Waals surface area contributed by atoms with Crippen molar-refractivity contribution in [1.29, 1.82) is 0 Å². The molecule has 1 heterocycles. The molecule has 1 aliphatic rings. The lowest BCUT2D eigenvalue weighted by atomic mass is 10.1. The first-order valence-corrected chi connectivity index (χ1v) is 9.63. The van der Waals surface area contributed by atoms with Crippen molar-refractivity contribution in [2.75, 3.05) is 26.3 Å². The number of carbonyl (C=O) groups excluding carboxylic acids is 1. The van der Waals surface area contributed by atoms with E-state index in [0.717, 1.165) is 0 Å². The molecule has 8 nitrogen and oxygen atoms in total. The quantitative estimate of drug-likeness (QED) is 0.645. The smallest absolute Gasteiger partial charge is 0.326 e. The highest BCUT2D eigenvalue weighted by atomic mass is 32.2. The fourth-order valence-corrected chi connectivity index (χ4v) is 3.97. The van der Waals surface area contributed by atoms with Crippen molar-refractivity contribution in [2.45, 2.75) is 23.8 Å². The zero-order valence-corrected chi connectivity index (χ0v) is 15.1. The summed E-state index contributed by atoms with van der Waals surface area (Å²) in [6, 6.07) is 4.50. The Balaban J connectivity index is 2.18. The molecule has 0 spiro atoms. The number of nitrogens with zero attached hydrogens (tertiary/aromatic N) is 1. The summed E-state index contributed by atoms with van der Waals surface area (Å²) < 4.78 is 31.8. The molecule has 2 N–H and O–H groups in total. The fourth-order valence-electron chi connectivity index (χ4n) is 2.52. The zero-order valence-electron chi connectivity index (χ0n) is 14.3.